The van der Waals surface area contributed by atoms with E-state index in [0.29, 0.717) is 0 Å². The van der Waals surface area contributed by atoms with Crippen LogP contribution in [0.4, 0.5) is 0 Å². The van der Waals surface area contributed by atoms with Crippen molar-refractivity contribution in [2.75, 3.05) is 0 Å². The number of quaternary nitrogens is 1. The molecule has 0 amide bonds. The lowest BCUT2D eigenvalue weighted by molar-refractivity contribution is -0.399. The van der Waals surface area contributed by atoms with E-state index in [1.54, 1.807) is 0 Å². The molecule has 1 unspecified atom stereocenters. The van der Waals surface area contributed by atoms with Gasteiger partial charge in [0.15, 0.2) is 5.78 Å². The summed E-state index contributed by atoms with van der Waals surface area (Å²) in [5.41, 5.74) is 3.43. The summed E-state index contributed by atoms with van der Waals surface area (Å²) in [6, 6.07) is -0.0787. The van der Waals surface area contributed by atoms with Gasteiger partial charge in [0.05, 0.1) is 0 Å². The van der Waals surface area contributed by atoms with E-state index >= 15 is 0 Å². The molecule has 0 bridgehead atoms. The molecule has 54 valence electrons. The summed E-state index contributed by atoms with van der Waals surface area (Å²) in [7, 11) is 0. The van der Waals surface area contributed by atoms with Crippen molar-refractivity contribution in [1.29, 1.82) is 0 Å². The van der Waals surface area contributed by atoms with Crippen LogP contribution in [0.25, 0.3) is 0 Å². The summed E-state index contributed by atoms with van der Waals surface area (Å²) in [6.07, 6.45) is 0. The molecule has 1 atom stereocenters. The predicted octanol–water partition coefficient (Wildman–Crippen LogP) is 0.232. The third-order valence-corrected chi connectivity index (χ3v) is 1.19. The highest BCUT2D eigenvalue weighted by Gasteiger charge is 2.26. The van der Waals surface area contributed by atoms with E-state index in [-0.39, 0.29) is 17.2 Å². The van der Waals surface area contributed by atoms with Gasteiger partial charge in [-0.15, -0.1) is 0 Å². The second-order valence-corrected chi connectivity index (χ2v) is 3.52. The van der Waals surface area contributed by atoms with Gasteiger partial charge in [-0.3, -0.25) is 4.79 Å². The second kappa shape index (κ2) is 2.48. The predicted molar refractivity (Wildman–Crippen MR) is 36.8 cm³/mol. The van der Waals surface area contributed by atoms with Gasteiger partial charge in [0.1, 0.15) is 6.04 Å². The minimum absolute atomic E-state index is 0.0787. The molecule has 0 aliphatic heterocycles. The normalized spacial score (nSPS) is 15.2. The Kier molecular flexibility index (Phi) is 2.38. The number of Topliss-reactive ketones (excluding diaryl/α,β-unsaturated/α-hetero) is 1. The third kappa shape index (κ3) is 2.61. The van der Waals surface area contributed by atoms with Crippen molar-refractivity contribution in [3.05, 3.63) is 0 Å². The number of carbonyl (C=O) groups excluding carboxylic acids is 1. The lowest BCUT2D eigenvalue weighted by Gasteiger charge is -2.16. The monoisotopic (exact) mass is 130 g/mol. The van der Waals surface area contributed by atoms with Crippen molar-refractivity contribution >= 4 is 5.78 Å². The van der Waals surface area contributed by atoms with E-state index in [1.165, 1.54) is 0 Å². The van der Waals surface area contributed by atoms with Crippen LogP contribution >= 0.6 is 0 Å². The minimum atomic E-state index is -0.221. The quantitative estimate of drug-likeness (QED) is 0.542. The fourth-order valence-corrected chi connectivity index (χ4v) is 0.739. The molecule has 0 fully saturated rings. The van der Waals surface area contributed by atoms with Crippen molar-refractivity contribution < 1.29 is 10.5 Å². The first kappa shape index (κ1) is 8.63. The molecule has 0 aromatic carbocycles. The lowest BCUT2D eigenvalue weighted by Crippen LogP contribution is -2.65. The van der Waals surface area contributed by atoms with Crippen LogP contribution < -0.4 is 5.73 Å². The number of hydrogen-bond donors (Lipinski definition) is 1. The maximum atomic E-state index is 11.1. The number of carbonyl (C=O) groups is 1. The zero-order chi connectivity index (χ0) is 7.65. The lowest BCUT2D eigenvalue weighted by atomic mass is 9.87. The molecule has 0 aliphatic carbocycles. The van der Waals surface area contributed by atoms with Crippen LogP contribution in [0.2, 0.25) is 0 Å². The molecule has 0 rings (SSSR count). The number of rotatable bonds is 1. The first-order valence-electron chi connectivity index (χ1n) is 3.23. The maximum Gasteiger partial charge on any atom is 0.194 e. The molecule has 2 heteroatoms. The smallest absolute Gasteiger partial charge is 0.194 e. The van der Waals surface area contributed by atoms with Crippen LogP contribution in [-0.4, -0.2) is 11.8 Å². The van der Waals surface area contributed by atoms with E-state index in [9.17, 15) is 4.79 Å². The Hall–Kier alpha value is -0.370. The molecular weight excluding hydrogens is 114 g/mol. The van der Waals surface area contributed by atoms with Gasteiger partial charge in [-0.1, -0.05) is 20.8 Å². The zero-order valence-electron chi connectivity index (χ0n) is 6.69. The van der Waals surface area contributed by atoms with Crippen molar-refractivity contribution in [1.82, 2.24) is 0 Å². The van der Waals surface area contributed by atoms with Gasteiger partial charge >= 0.3 is 0 Å². The topological polar surface area (TPSA) is 44.7 Å². The van der Waals surface area contributed by atoms with Crippen LogP contribution in [0.3, 0.4) is 0 Å². The van der Waals surface area contributed by atoms with Gasteiger partial charge in [0.25, 0.3) is 0 Å². The molecule has 0 saturated heterocycles. The average Bonchev–Trinajstić information content (AvgIpc) is 1.62. The van der Waals surface area contributed by atoms with Crippen LogP contribution in [-0.2, 0) is 4.79 Å². The van der Waals surface area contributed by atoms with E-state index in [0.717, 1.165) is 0 Å². The summed E-state index contributed by atoms with van der Waals surface area (Å²) in [6.45, 7) is 7.57. The largest absolute Gasteiger partial charge is 0.349 e. The van der Waals surface area contributed by atoms with E-state index in [2.05, 4.69) is 5.73 Å². The van der Waals surface area contributed by atoms with Crippen LogP contribution in [0, 0.1) is 5.41 Å². The average molecular weight is 130 g/mol. The molecule has 0 heterocycles. The van der Waals surface area contributed by atoms with Crippen molar-refractivity contribution in [3.8, 4) is 0 Å². The molecule has 3 N–H and O–H groups in total. The highest BCUT2D eigenvalue weighted by molar-refractivity contribution is 5.86. The highest BCUT2D eigenvalue weighted by atomic mass is 16.1. The van der Waals surface area contributed by atoms with Gasteiger partial charge in [0.2, 0.25) is 0 Å². The molecule has 0 radical (unpaired) electrons. The van der Waals surface area contributed by atoms with Gasteiger partial charge in [0, 0.05) is 5.41 Å². The summed E-state index contributed by atoms with van der Waals surface area (Å²) < 4.78 is 0. The fourth-order valence-electron chi connectivity index (χ4n) is 0.739. The molecule has 0 aromatic rings. The van der Waals surface area contributed by atoms with Crippen molar-refractivity contribution in [3.63, 3.8) is 0 Å². The molecule has 0 spiro atoms. The second-order valence-electron chi connectivity index (χ2n) is 3.52. The van der Waals surface area contributed by atoms with Gasteiger partial charge in [-0.25, -0.2) is 0 Å². The van der Waals surface area contributed by atoms with E-state index in [1.807, 2.05) is 27.7 Å². The highest BCUT2D eigenvalue weighted by Crippen LogP contribution is 2.14. The summed E-state index contributed by atoms with van der Waals surface area (Å²) in [5.74, 6) is 0.225. The van der Waals surface area contributed by atoms with Gasteiger partial charge in [-0.2, -0.15) is 0 Å². The first-order chi connectivity index (χ1) is 3.85. The maximum absolute atomic E-state index is 11.1. The Morgan fingerprint density at radius 2 is 1.78 bits per heavy atom. The molecule has 0 aromatic heterocycles. The molecule has 2 nitrogen and oxygen atoms in total. The third-order valence-electron chi connectivity index (χ3n) is 1.19. The van der Waals surface area contributed by atoms with Crippen LogP contribution in [0.1, 0.15) is 27.7 Å². The Morgan fingerprint density at radius 3 is 1.78 bits per heavy atom. The molecular formula is C7H16NO+. The molecule has 9 heavy (non-hydrogen) atoms. The summed E-state index contributed by atoms with van der Waals surface area (Å²) in [4.78, 5) is 11.1. The first-order valence-corrected chi connectivity index (χ1v) is 3.23. The van der Waals surface area contributed by atoms with Crippen LogP contribution in [0.5, 0.6) is 0 Å². The number of hydrogen-bond acceptors (Lipinski definition) is 1. The van der Waals surface area contributed by atoms with Crippen molar-refractivity contribution in [2.24, 2.45) is 5.41 Å². The van der Waals surface area contributed by atoms with Crippen molar-refractivity contribution in [2.45, 2.75) is 33.7 Å². The Labute approximate surface area is 56.4 Å². The summed E-state index contributed by atoms with van der Waals surface area (Å²) in [5, 5.41) is 0. The van der Waals surface area contributed by atoms with Gasteiger partial charge in [-0.05, 0) is 6.92 Å². The van der Waals surface area contributed by atoms with Crippen LogP contribution in [0.15, 0.2) is 0 Å². The van der Waals surface area contributed by atoms with E-state index < -0.39 is 0 Å². The SMILES string of the molecule is CC([NH3+])C(=O)C(C)(C)C. The Bertz CT molecular complexity index is 111. The standard InChI is InChI=1S/C7H15NO/c1-5(8)6(9)7(2,3)4/h5H,8H2,1-4H3/p+1. The summed E-state index contributed by atoms with van der Waals surface area (Å²) >= 11 is 0. The van der Waals surface area contributed by atoms with E-state index in [4.69, 9.17) is 0 Å². The van der Waals surface area contributed by atoms with Gasteiger partial charge < -0.3 is 5.73 Å². The molecule has 0 aliphatic rings. The minimum Gasteiger partial charge on any atom is -0.349 e. The molecule has 0 saturated carbocycles. The zero-order valence-corrected chi connectivity index (χ0v) is 6.69. The number of ketones is 1. The Balaban J connectivity index is 4.06. The fraction of sp³-hybridized carbons (Fsp3) is 0.857. The Morgan fingerprint density at radius 1 is 1.44 bits per heavy atom.